The zero-order chi connectivity index (χ0) is 11.6. The first kappa shape index (κ1) is 11.1. The Morgan fingerprint density at radius 3 is 2.56 bits per heavy atom. The summed E-state index contributed by atoms with van der Waals surface area (Å²) in [6.45, 7) is 2.31. The molecular weight excluding hydrogens is 230 g/mol. The van der Waals surface area contributed by atoms with Gasteiger partial charge < -0.3 is 4.74 Å². The van der Waals surface area contributed by atoms with Crippen molar-refractivity contribution in [1.82, 2.24) is 9.97 Å². The van der Waals surface area contributed by atoms with E-state index in [-0.39, 0.29) is 11.3 Å². The highest BCUT2D eigenvalue weighted by molar-refractivity contribution is 7.93. The molecule has 16 heavy (non-hydrogen) atoms. The highest BCUT2D eigenvalue weighted by Gasteiger charge is 2.35. The Morgan fingerprint density at radius 2 is 2.06 bits per heavy atom. The van der Waals surface area contributed by atoms with E-state index in [0.29, 0.717) is 12.3 Å². The van der Waals surface area contributed by atoms with Crippen molar-refractivity contribution < 1.29 is 13.2 Å². The van der Waals surface area contributed by atoms with Gasteiger partial charge in [0.2, 0.25) is 10.0 Å². The summed E-state index contributed by atoms with van der Waals surface area (Å²) in [6, 6.07) is 0.247. The van der Waals surface area contributed by atoms with Crippen LogP contribution in [0.2, 0.25) is 0 Å². The van der Waals surface area contributed by atoms with Crippen LogP contribution < -0.4 is 9.46 Å². The van der Waals surface area contributed by atoms with Crippen molar-refractivity contribution in [2.24, 2.45) is 0 Å². The molecule has 1 fully saturated rings. The average molecular weight is 243 g/mol. The summed E-state index contributed by atoms with van der Waals surface area (Å²) >= 11 is 0. The average Bonchev–Trinajstić information content (AvgIpc) is 3.04. The van der Waals surface area contributed by atoms with E-state index in [2.05, 4.69) is 14.7 Å². The molecule has 1 heterocycles. The predicted octanol–water partition coefficient (Wildman–Crippen LogP) is 0.779. The van der Waals surface area contributed by atoms with Crippen molar-refractivity contribution in [2.75, 3.05) is 11.3 Å². The lowest BCUT2D eigenvalue weighted by Crippen LogP contribution is -2.17. The summed E-state index contributed by atoms with van der Waals surface area (Å²) in [5, 5.41) is -0.251. The molecule has 1 aliphatic rings. The number of hydrogen-bond acceptors (Lipinski definition) is 5. The normalized spacial score (nSPS) is 15.8. The van der Waals surface area contributed by atoms with E-state index >= 15 is 0 Å². The molecule has 0 radical (unpaired) electrons. The largest absolute Gasteiger partial charge is 0.464 e. The van der Waals surface area contributed by atoms with Crippen molar-refractivity contribution in [2.45, 2.75) is 25.0 Å². The second-order valence-electron chi connectivity index (χ2n) is 3.53. The maximum absolute atomic E-state index is 11.6. The molecule has 1 aliphatic carbocycles. The smallest absolute Gasteiger partial charge is 0.316 e. The number of rotatable bonds is 5. The van der Waals surface area contributed by atoms with Crippen LogP contribution >= 0.6 is 0 Å². The third-order valence-electron chi connectivity index (χ3n) is 2.12. The van der Waals surface area contributed by atoms with Crippen LogP contribution in [0.1, 0.15) is 19.8 Å². The quantitative estimate of drug-likeness (QED) is 0.826. The molecule has 0 atom stereocenters. The van der Waals surface area contributed by atoms with Crippen molar-refractivity contribution in [3.63, 3.8) is 0 Å². The van der Waals surface area contributed by atoms with Gasteiger partial charge in [0.05, 0.1) is 29.9 Å². The Bertz CT molecular complexity index is 453. The fraction of sp³-hybridized carbons (Fsp3) is 0.556. The van der Waals surface area contributed by atoms with Gasteiger partial charge in [-0.3, -0.25) is 4.72 Å². The van der Waals surface area contributed by atoms with E-state index in [9.17, 15) is 8.42 Å². The molecule has 88 valence electrons. The fourth-order valence-corrected chi connectivity index (χ4v) is 2.56. The first-order valence-corrected chi connectivity index (χ1v) is 6.63. The maximum atomic E-state index is 11.6. The highest BCUT2D eigenvalue weighted by Crippen LogP contribution is 2.29. The molecule has 0 spiro atoms. The molecule has 0 bridgehead atoms. The minimum Gasteiger partial charge on any atom is -0.464 e. The molecular formula is C9H13N3O3S. The van der Waals surface area contributed by atoms with Crippen molar-refractivity contribution in [3.05, 3.63) is 12.4 Å². The minimum atomic E-state index is -3.24. The molecule has 1 saturated carbocycles. The van der Waals surface area contributed by atoms with E-state index in [1.54, 1.807) is 0 Å². The summed E-state index contributed by atoms with van der Waals surface area (Å²) in [5.41, 5.74) is 0.371. The summed E-state index contributed by atoms with van der Waals surface area (Å²) in [7, 11) is -3.24. The number of sulfonamides is 1. The molecule has 0 amide bonds. The number of nitrogens with one attached hydrogen (secondary N) is 1. The molecule has 6 nitrogen and oxygen atoms in total. The van der Waals surface area contributed by atoms with E-state index in [0.717, 1.165) is 12.8 Å². The summed E-state index contributed by atoms with van der Waals surface area (Å²) < 4.78 is 30.6. The number of ether oxygens (including phenoxy) is 1. The van der Waals surface area contributed by atoms with Gasteiger partial charge in [-0.05, 0) is 19.8 Å². The van der Waals surface area contributed by atoms with Gasteiger partial charge in [0.15, 0.2) is 0 Å². The SMILES string of the molecule is CCOc1ncc(NS(=O)(=O)C2CC2)cn1. The molecule has 7 heteroatoms. The first-order valence-electron chi connectivity index (χ1n) is 5.08. The van der Waals surface area contributed by atoms with E-state index in [4.69, 9.17) is 4.74 Å². The molecule has 1 aromatic heterocycles. The number of anilines is 1. The Hall–Kier alpha value is -1.37. The molecule has 1 aromatic rings. The first-order chi connectivity index (χ1) is 7.62. The van der Waals surface area contributed by atoms with Crippen LogP contribution in [0, 0.1) is 0 Å². The lowest BCUT2D eigenvalue weighted by molar-refractivity contribution is 0.312. The van der Waals surface area contributed by atoms with Crippen LogP contribution in [0.15, 0.2) is 12.4 Å². The standard InChI is InChI=1S/C9H13N3O3S/c1-2-15-9-10-5-7(6-11-9)12-16(13,14)8-3-4-8/h5-6,8,12H,2-4H2,1H3. The van der Waals surface area contributed by atoms with E-state index < -0.39 is 10.0 Å². The van der Waals surface area contributed by atoms with Gasteiger partial charge in [0, 0.05) is 0 Å². The number of nitrogens with zero attached hydrogens (tertiary/aromatic N) is 2. The summed E-state index contributed by atoms with van der Waals surface area (Å²) in [4.78, 5) is 7.74. The summed E-state index contributed by atoms with van der Waals surface area (Å²) in [6.07, 6.45) is 4.26. The number of hydrogen-bond donors (Lipinski definition) is 1. The number of aromatic nitrogens is 2. The van der Waals surface area contributed by atoms with E-state index in [1.807, 2.05) is 6.92 Å². The Labute approximate surface area is 94.1 Å². The van der Waals surface area contributed by atoms with Gasteiger partial charge in [-0.1, -0.05) is 0 Å². The molecule has 0 aliphatic heterocycles. The van der Waals surface area contributed by atoms with Gasteiger partial charge in [0.1, 0.15) is 0 Å². The van der Waals surface area contributed by atoms with Crippen molar-refractivity contribution >= 4 is 15.7 Å². The van der Waals surface area contributed by atoms with Crippen LogP contribution in [-0.4, -0.2) is 30.2 Å². The van der Waals surface area contributed by atoms with Crippen LogP contribution in [-0.2, 0) is 10.0 Å². The summed E-state index contributed by atoms with van der Waals surface area (Å²) in [5.74, 6) is 0. The van der Waals surface area contributed by atoms with Crippen LogP contribution in [0.4, 0.5) is 5.69 Å². The van der Waals surface area contributed by atoms with Gasteiger partial charge in [0.25, 0.3) is 0 Å². The Morgan fingerprint density at radius 1 is 1.44 bits per heavy atom. The second-order valence-corrected chi connectivity index (χ2v) is 5.49. The monoisotopic (exact) mass is 243 g/mol. The minimum absolute atomic E-state index is 0.247. The molecule has 2 rings (SSSR count). The van der Waals surface area contributed by atoms with Crippen LogP contribution in [0.3, 0.4) is 0 Å². The topological polar surface area (TPSA) is 81.2 Å². The van der Waals surface area contributed by atoms with Crippen molar-refractivity contribution in [1.29, 1.82) is 0 Å². The van der Waals surface area contributed by atoms with Crippen molar-refractivity contribution in [3.8, 4) is 6.01 Å². The van der Waals surface area contributed by atoms with Gasteiger partial charge >= 0.3 is 6.01 Å². The van der Waals surface area contributed by atoms with Gasteiger partial charge in [-0.2, -0.15) is 0 Å². The molecule has 1 N–H and O–H groups in total. The maximum Gasteiger partial charge on any atom is 0.316 e. The Balaban J connectivity index is 2.04. The third kappa shape index (κ3) is 2.60. The molecule has 0 aromatic carbocycles. The van der Waals surface area contributed by atoms with Crippen LogP contribution in [0.25, 0.3) is 0 Å². The van der Waals surface area contributed by atoms with Gasteiger partial charge in [-0.15, -0.1) is 0 Å². The second kappa shape index (κ2) is 4.25. The van der Waals surface area contributed by atoms with Gasteiger partial charge in [-0.25, -0.2) is 18.4 Å². The lowest BCUT2D eigenvalue weighted by Gasteiger charge is -2.06. The fourth-order valence-electron chi connectivity index (χ4n) is 1.20. The highest BCUT2D eigenvalue weighted by atomic mass is 32.2. The van der Waals surface area contributed by atoms with Crippen LogP contribution in [0.5, 0.6) is 6.01 Å². The molecule has 0 saturated heterocycles. The predicted molar refractivity (Wildman–Crippen MR) is 58.8 cm³/mol. The van der Waals surface area contributed by atoms with E-state index in [1.165, 1.54) is 12.4 Å². The zero-order valence-corrected chi connectivity index (χ0v) is 9.70. The zero-order valence-electron chi connectivity index (χ0n) is 8.88. The third-order valence-corrected chi connectivity index (χ3v) is 3.99. The molecule has 0 unspecified atom stereocenters. The lowest BCUT2D eigenvalue weighted by atomic mass is 10.6. The Kier molecular flexibility index (Phi) is 2.95.